The van der Waals surface area contributed by atoms with E-state index in [9.17, 15) is 0 Å². The summed E-state index contributed by atoms with van der Waals surface area (Å²) in [5.41, 5.74) is 2.93. The van der Waals surface area contributed by atoms with Gasteiger partial charge in [0.25, 0.3) is 0 Å². The van der Waals surface area contributed by atoms with Crippen molar-refractivity contribution in [3.8, 4) is 11.6 Å². The molecule has 0 amide bonds. The van der Waals surface area contributed by atoms with Gasteiger partial charge in [-0.3, -0.25) is 4.98 Å². The van der Waals surface area contributed by atoms with E-state index >= 15 is 0 Å². The Morgan fingerprint density at radius 2 is 2.00 bits per heavy atom. The maximum atomic E-state index is 5.96. The zero-order valence-electron chi connectivity index (χ0n) is 12.1. The lowest BCUT2D eigenvalue weighted by molar-refractivity contribution is 0.464. The van der Waals surface area contributed by atoms with Crippen LogP contribution in [0.15, 0.2) is 48.7 Å². The Morgan fingerprint density at radius 3 is 2.86 bits per heavy atom. The van der Waals surface area contributed by atoms with E-state index in [2.05, 4.69) is 15.3 Å². The molecule has 3 aromatic rings. The highest BCUT2D eigenvalue weighted by Crippen LogP contribution is 2.27. The summed E-state index contributed by atoms with van der Waals surface area (Å²) in [6, 6.07) is 13.8. The minimum absolute atomic E-state index is 0.596. The van der Waals surface area contributed by atoms with Crippen molar-refractivity contribution in [1.29, 1.82) is 0 Å². The molecule has 0 bridgehead atoms. The number of hydrogen-bond acceptors (Lipinski definition) is 4. The Labute approximate surface area is 123 Å². The third-order valence-corrected chi connectivity index (χ3v) is 3.18. The molecule has 4 heteroatoms. The number of fused-ring (bicyclic) bond motifs is 1. The highest BCUT2D eigenvalue weighted by Gasteiger charge is 2.07. The van der Waals surface area contributed by atoms with E-state index in [0.29, 0.717) is 5.88 Å². The molecule has 2 aromatic heterocycles. The zero-order valence-corrected chi connectivity index (χ0v) is 12.1. The molecule has 2 heterocycles. The Morgan fingerprint density at radius 1 is 1.14 bits per heavy atom. The maximum absolute atomic E-state index is 5.96. The van der Waals surface area contributed by atoms with Crippen LogP contribution in [0.4, 0.5) is 0 Å². The number of para-hydroxylation sites is 1. The summed E-state index contributed by atoms with van der Waals surface area (Å²) in [6.07, 6.45) is 1.77. The van der Waals surface area contributed by atoms with Crippen LogP contribution in [0, 0.1) is 6.92 Å². The van der Waals surface area contributed by atoms with Crippen LogP contribution in [0.5, 0.6) is 11.6 Å². The molecule has 0 saturated carbocycles. The van der Waals surface area contributed by atoms with E-state index in [4.69, 9.17) is 4.74 Å². The molecule has 0 unspecified atom stereocenters. The molecular weight excluding hydrogens is 262 g/mol. The van der Waals surface area contributed by atoms with Crippen molar-refractivity contribution in [1.82, 2.24) is 15.3 Å². The second kappa shape index (κ2) is 5.89. The van der Waals surface area contributed by atoms with Crippen LogP contribution in [0.25, 0.3) is 10.9 Å². The summed E-state index contributed by atoms with van der Waals surface area (Å²) in [6.45, 7) is 2.75. The molecule has 0 aliphatic carbocycles. The summed E-state index contributed by atoms with van der Waals surface area (Å²) in [5.74, 6) is 1.32. The lowest BCUT2D eigenvalue weighted by Crippen LogP contribution is -2.06. The van der Waals surface area contributed by atoms with E-state index in [-0.39, 0.29) is 0 Å². The van der Waals surface area contributed by atoms with Gasteiger partial charge in [0.05, 0.1) is 0 Å². The van der Waals surface area contributed by atoms with Gasteiger partial charge in [-0.1, -0.05) is 18.2 Å². The van der Waals surface area contributed by atoms with Gasteiger partial charge in [0, 0.05) is 29.9 Å². The van der Waals surface area contributed by atoms with Crippen LogP contribution in [-0.4, -0.2) is 17.0 Å². The monoisotopic (exact) mass is 279 g/mol. The summed E-state index contributed by atoms with van der Waals surface area (Å²) in [4.78, 5) is 8.83. The third-order valence-electron chi connectivity index (χ3n) is 3.18. The highest BCUT2D eigenvalue weighted by molar-refractivity contribution is 5.84. The number of rotatable bonds is 4. The molecule has 0 spiro atoms. The number of aromatic nitrogens is 2. The first-order chi connectivity index (χ1) is 10.3. The molecule has 0 fully saturated rings. The number of ether oxygens (including phenoxy) is 1. The van der Waals surface area contributed by atoms with Gasteiger partial charge in [-0.25, -0.2) is 4.98 Å². The fourth-order valence-corrected chi connectivity index (χ4v) is 2.34. The molecular formula is C17H17N3O. The third kappa shape index (κ3) is 3.01. The van der Waals surface area contributed by atoms with Crippen molar-refractivity contribution in [2.24, 2.45) is 0 Å². The Kier molecular flexibility index (Phi) is 3.79. The van der Waals surface area contributed by atoms with Gasteiger partial charge in [-0.05, 0) is 37.7 Å². The van der Waals surface area contributed by atoms with Crippen LogP contribution in [-0.2, 0) is 6.54 Å². The number of hydrogen-bond donors (Lipinski definition) is 1. The van der Waals surface area contributed by atoms with E-state index in [1.165, 1.54) is 0 Å². The second-order valence-corrected chi connectivity index (χ2v) is 4.92. The standard InChI is InChI=1S/C17H17N3O/c1-12-9-13(11-18-2)10-16(20-12)21-15-7-3-5-14-6-4-8-19-17(14)15/h3-10,18H,11H2,1-2H3. The Balaban J connectivity index is 1.98. The van der Waals surface area contributed by atoms with Crippen molar-refractivity contribution in [2.75, 3.05) is 7.05 Å². The molecule has 0 atom stereocenters. The fourth-order valence-electron chi connectivity index (χ4n) is 2.34. The van der Waals surface area contributed by atoms with Gasteiger partial charge < -0.3 is 10.1 Å². The highest BCUT2D eigenvalue weighted by atomic mass is 16.5. The van der Waals surface area contributed by atoms with Gasteiger partial charge in [0.2, 0.25) is 5.88 Å². The zero-order chi connectivity index (χ0) is 14.7. The fraction of sp³-hybridized carbons (Fsp3) is 0.176. The van der Waals surface area contributed by atoms with Gasteiger partial charge in [0.15, 0.2) is 5.75 Å². The first kappa shape index (κ1) is 13.5. The number of benzene rings is 1. The van der Waals surface area contributed by atoms with Crippen LogP contribution >= 0.6 is 0 Å². The molecule has 3 rings (SSSR count). The van der Waals surface area contributed by atoms with Crippen molar-refractivity contribution >= 4 is 10.9 Å². The second-order valence-electron chi connectivity index (χ2n) is 4.92. The molecule has 1 aromatic carbocycles. The smallest absolute Gasteiger partial charge is 0.219 e. The predicted octanol–water partition coefficient (Wildman–Crippen LogP) is 3.45. The Hall–Kier alpha value is -2.46. The van der Waals surface area contributed by atoms with Crippen LogP contribution in [0.1, 0.15) is 11.3 Å². The lowest BCUT2D eigenvalue weighted by Gasteiger charge is -2.10. The topological polar surface area (TPSA) is 47.0 Å². The first-order valence-corrected chi connectivity index (χ1v) is 6.90. The minimum Gasteiger partial charge on any atom is -0.437 e. The van der Waals surface area contributed by atoms with Gasteiger partial charge in [0.1, 0.15) is 5.52 Å². The Bertz CT molecular complexity index is 766. The van der Waals surface area contributed by atoms with Gasteiger partial charge in [-0.2, -0.15) is 0 Å². The number of aryl methyl sites for hydroxylation is 1. The minimum atomic E-state index is 0.596. The van der Waals surface area contributed by atoms with Crippen molar-refractivity contribution in [3.05, 3.63) is 59.9 Å². The van der Waals surface area contributed by atoms with E-state index in [1.807, 2.05) is 56.4 Å². The average Bonchev–Trinajstić information content (AvgIpc) is 2.47. The lowest BCUT2D eigenvalue weighted by atomic mass is 10.2. The van der Waals surface area contributed by atoms with Crippen molar-refractivity contribution < 1.29 is 4.74 Å². The molecule has 0 saturated heterocycles. The molecule has 0 aliphatic heterocycles. The molecule has 106 valence electrons. The van der Waals surface area contributed by atoms with Crippen LogP contribution < -0.4 is 10.1 Å². The molecule has 0 radical (unpaired) electrons. The van der Waals surface area contributed by atoms with Crippen LogP contribution in [0.3, 0.4) is 0 Å². The predicted molar refractivity (Wildman–Crippen MR) is 83.6 cm³/mol. The van der Waals surface area contributed by atoms with E-state index in [0.717, 1.165) is 34.5 Å². The number of nitrogens with zero attached hydrogens (tertiary/aromatic N) is 2. The van der Waals surface area contributed by atoms with Crippen molar-refractivity contribution in [3.63, 3.8) is 0 Å². The summed E-state index contributed by atoms with van der Waals surface area (Å²) >= 11 is 0. The summed E-state index contributed by atoms with van der Waals surface area (Å²) in [7, 11) is 1.92. The average molecular weight is 279 g/mol. The maximum Gasteiger partial charge on any atom is 0.219 e. The SMILES string of the molecule is CNCc1cc(C)nc(Oc2cccc3cccnc23)c1. The number of pyridine rings is 2. The van der Waals surface area contributed by atoms with Gasteiger partial charge >= 0.3 is 0 Å². The quantitative estimate of drug-likeness (QED) is 0.794. The number of nitrogens with one attached hydrogen (secondary N) is 1. The van der Waals surface area contributed by atoms with Crippen molar-refractivity contribution in [2.45, 2.75) is 13.5 Å². The van der Waals surface area contributed by atoms with E-state index in [1.54, 1.807) is 6.20 Å². The molecule has 0 aliphatic rings. The molecule has 21 heavy (non-hydrogen) atoms. The summed E-state index contributed by atoms with van der Waals surface area (Å²) in [5, 5.41) is 4.19. The summed E-state index contributed by atoms with van der Waals surface area (Å²) < 4.78 is 5.96. The largest absolute Gasteiger partial charge is 0.437 e. The molecule has 4 nitrogen and oxygen atoms in total. The normalized spacial score (nSPS) is 10.8. The molecule has 1 N–H and O–H groups in total. The van der Waals surface area contributed by atoms with E-state index < -0.39 is 0 Å². The van der Waals surface area contributed by atoms with Gasteiger partial charge in [-0.15, -0.1) is 0 Å². The first-order valence-electron chi connectivity index (χ1n) is 6.90. The van der Waals surface area contributed by atoms with Crippen LogP contribution in [0.2, 0.25) is 0 Å².